The molecule has 0 aliphatic heterocycles. The number of benzene rings is 6. The van der Waals surface area contributed by atoms with E-state index >= 15 is 0 Å². The summed E-state index contributed by atoms with van der Waals surface area (Å²) in [7, 11) is 0. The summed E-state index contributed by atoms with van der Waals surface area (Å²) in [5, 5.41) is 0. The van der Waals surface area contributed by atoms with Crippen LogP contribution >= 0.6 is 12.6 Å². The van der Waals surface area contributed by atoms with Gasteiger partial charge >= 0.3 is 0 Å². The fourth-order valence-electron chi connectivity index (χ4n) is 4.82. The average Bonchev–Trinajstić information content (AvgIpc) is 3.08. The molecule has 0 aromatic heterocycles. The molecule has 0 unspecified atom stereocenters. The minimum atomic E-state index is 0.797. The van der Waals surface area contributed by atoms with Gasteiger partial charge in [0.05, 0.1) is 0 Å². The third kappa shape index (κ3) is 11.3. The number of hydrogen-bond acceptors (Lipinski definition) is 4. The summed E-state index contributed by atoms with van der Waals surface area (Å²) in [5.74, 6) is 5.09. The highest BCUT2D eigenvalue weighted by Crippen LogP contribution is 2.29. The molecule has 0 saturated heterocycles. The minimum absolute atomic E-state index is 0.797. The smallest absolute Gasteiger partial charge is 0.127 e. The Balaban J connectivity index is 0.000000187. The molecule has 0 aliphatic carbocycles. The van der Waals surface area contributed by atoms with E-state index in [0.29, 0.717) is 0 Å². The van der Waals surface area contributed by atoms with E-state index in [-0.39, 0.29) is 0 Å². The first kappa shape index (κ1) is 37.9. The molecule has 0 fully saturated rings. The van der Waals surface area contributed by atoms with Crippen molar-refractivity contribution in [2.45, 2.75) is 74.1 Å². The average molecular weight is 683 g/mol. The first-order chi connectivity index (χ1) is 23.8. The predicted octanol–water partition coefficient (Wildman–Crippen LogP) is 13.8. The molecule has 0 atom stereocenters. The van der Waals surface area contributed by atoms with Gasteiger partial charge in [0.25, 0.3) is 0 Å². The molecule has 6 aromatic carbocycles. The maximum atomic E-state index is 5.90. The molecule has 6 aromatic rings. The van der Waals surface area contributed by atoms with Crippen LogP contribution in [-0.4, -0.2) is 0 Å². The zero-order chi connectivity index (χ0) is 36.4. The Labute approximate surface area is 305 Å². The first-order valence-electron chi connectivity index (χ1n) is 17.0. The van der Waals surface area contributed by atoms with Gasteiger partial charge in [0.15, 0.2) is 0 Å². The van der Waals surface area contributed by atoms with Crippen molar-refractivity contribution < 1.29 is 14.2 Å². The highest BCUT2D eigenvalue weighted by Gasteiger charge is 2.04. The fourth-order valence-corrected chi connectivity index (χ4v) is 5.09. The lowest BCUT2D eigenvalue weighted by Gasteiger charge is -2.10. The van der Waals surface area contributed by atoms with E-state index in [1.165, 1.54) is 55.6 Å². The van der Waals surface area contributed by atoms with Crippen molar-refractivity contribution in [3.05, 3.63) is 171 Å². The van der Waals surface area contributed by atoms with Gasteiger partial charge in [-0.1, -0.05) is 30.3 Å². The van der Waals surface area contributed by atoms with Crippen molar-refractivity contribution in [2.24, 2.45) is 0 Å². The van der Waals surface area contributed by atoms with Crippen molar-refractivity contribution >= 4 is 12.6 Å². The summed E-state index contributed by atoms with van der Waals surface area (Å²) in [5.41, 5.74) is 12.7. The van der Waals surface area contributed by atoms with Gasteiger partial charge in [-0.3, -0.25) is 0 Å². The van der Waals surface area contributed by atoms with Crippen LogP contribution in [0.4, 0.5) is 0 Å². The normalized spacial score (nSPS) is 10.3. The molecule has 0 N–H and O–H groups in total. The molecular formula is C46H50O3S. The summed E-state index contributed by atoms with van der Waals surface area (Å²) in [4.78, 5) is 1.04. The minimum Gasteiger partial charge on any atom is -0.457 e. The quantitative estimate of drug-likeness (QED) is 0.177. The van der Waals surface area contributed by atoms with Gasteiger partial charge in [0.1, 0.15) is 34.5 Å². The topological polar surface area (TPSA) is 27.7 Å². The molecule has 3 nitrogen and oxygen atoms in total. The van der Waals surface area contributed by atoms with E-state index in [9.17, 15) is 0 Å². The van der Waals surface area contributed by atoms with Crippen LogP contribution in [0, 0.1) is 69.2 Å². The number of aryl methyl sites for hydroxylation is 10. The molecule has 258 valence electrons. The SMILES string of the molecule is Cc1ccc(Oc2ccc(C)c(C)c2)cc1C.Cc1ccc(Oc2ccc(Oc3ccc(C)c(C)c3)cc2)cc1C.Cc1ccc(S)cc1C. The molecule has 6 rings (SSSR count). The number of thiol groups is 1. The van der Waals surface area contributed by atoms with Crippen molar-refractivity contribution in [1.29, 1.82) is 0 Å². The van der Waals surface area contributed by atoms with E-state index in [1.807, 2.05) is 54.6 Å². The molecule has 4 heteroatoms. The number of hydrogen-bond donors (Lipinski definition) is 1. The van der Waals surface area contributed by atoms with Crippen LogP contribution in [0.15, 0.2) is 120 Å². The second-order valence-electron chi connectivity index (χ2n) is 13.0. The van der Waals surface area contributed by atoms with Gasteiger partial charge in [-0.15, -0.1) is 12.6 Å². The van der Waals surface area contributed by atoms with Crippen molar-refractivity contribution in [3.63, 3.8) is 0 Å². The van der Waals surface area contributed by atoms with E-state index in [4.69, 9.17) is 14.2 Å². The lowest BCUT2D eigenvalue weighted by molar-refractivity contribution is 0.469. The Hall–Kier alpha value is -4.93. The van der Waals surface area contributed by atoms with Crippen molar-refractivity contribution in [2.75, 3.05) is 0 Å². The van der Waals surface area contributed by atoms with E-state index in [2.05, 4.69) is 143 Å². The zero-order valence-electron chi connectivity index (χ0n) is 31.1. The molecule has 0 saturated carbocycles. The summed E-state index contributed by atoms with van der Waals surface area (Å²) in [6.45, 7) is 21.0. The third-order valence-electron chi connectivity index (χ3n) is 8.93. The van der Waals surface area contributed by atoms with Gasteiger partial charge in [-0.2, -0.15) is 0 Å². The largest absolute Gasteiger partial charge is 0.457 e. The Kier molecular flexibility index (Phi) is 13.4. The van der Waals surface area contributed by atoms with E-state index in [0.717, 1.165) is 39.4 Å². The highest BCUT2D eigenvalue weighted by atomic mass is 32.1. The molecule has 0 radical (unpaired) electrons. The van der Waals surface area contributed by atoms with Crippen LogP contribution < -0.4 is 14.2 Å². The summed E-state index contributed by atoms with van der Waals surface area (Å²) >= 11 is 4.20. The maximum Gasteiger partial charge on any atom is 0.127 e. The molecule has 0 bridgehead atoms. The van der Waals surface area contributed by atoms with E-state index in [1.54, 1.807) is 0 Å². The lowest BCUT2D eigenvalue weighted by atomic mass is 10.1. The van der Waals surface area contributed by atoms with Crippen LogP contribution in [0.25, 0.3) is 0 Å². The number of rotatable bonds is 6. The predicted molar refractivity (Wildman–Crippen MR) is 213 cm³/mol. The Morgan fingerprint density at radius 1 is 0.260 bits per heavy atom. The Morgan fingerprint density at radius 3 is 0.720 bits per heavy atom. The Morgan fingerprint density at radius 2 is 0.480 bits per heavy atom. The monoisotopic (exact) mass is 682 g/mol. The molecule has 50 heavy (non-hydrogen) atoms. The summed E-state index contributed by atoms with van der Waals surface area (Å²) in [6.07, 6.45) is 0. The third-order valence-corrected chi connectivity index (χ3v) is 9.21. The first-order valence-corrected chi connectivity index (χ1v) is 17.4. The van der Waals surface area contributed by atoms with Crippen LogP contribution in [0.3, 0.4) is 0 Å². The van der Waals surface area contributed by atoms with Crippen LogP contribution in [0.5, 0.6) is 34.5 Å². The second-order valence-corrected chi connectivity index (χ2v) is 13.5. The van der Waals surface area contributed by atoms with Gasteiger partial charge in [-0.05, 0) is 210 Å². The standard InChI is InChI=1S/C22H22O2.C16H18O.C8H10S/c1-15-5-7-21(13-17(15)3)23-19-9-11-20(12-10-19)24-22-8-6-16(2)18(4)14-22;1-11-5-7-15(9-13(11)3)17-16-8-6-12(2)14(4)10-16;1-6-3-4-8(9)5-7(6)2/h5-14H,1-4H3;5-10H,1-4H3;3-5,9H,1-2H3. The van der Waals surface area contributed by atoms with Crippen molar-refractivity contribution in [3.8, 4) is 34.5 Å². The van der Waals surface area contributed by atoms with Crippen molar-refractivity contribution in [1.82, 2.24) is 0 Å². The molecule has 0 heterocycles. The van der Waals surface area contributed by atoms with Crippen LogP contribution in [-0.2, 0) is 0 Å². The van der Waals surface area contributed by atoms with Gasteiger partial charge in [0.2, 0.25) is 0 Å². The second kappa shape index (κ2) is 17.6. The zero-order valence-corrected chi connectivity index (χ0v) is 32.0. The molecular weight excluding hydrogens is 633 g/mol. The molecule has 0 spiro atoms. The molecule has 0 aliphatic rings. The molecule has 0 amide bonds. The highest BCUT2D eigenvalue weighted by molar-refractivity contribution is 7.80. The Bertz CT molecular complexity index is 1920. The van der Waals surface area contributed by atoms with Gasteiger partial charge in [-0.25, -0.2) is 0 Å². The maximum absolute atomic E-state index is 5.90. The van der Waals surface area contributed by atoms with E-state index < -0.39 is 0 Å². The lowest BCUT2D eigenvalue weighted by Crippen LogP contribution is -1.89. The number of ether oxygens (including phenoxy) is 3. The van der Waals surface area contributed by atoms with Gasteiger partial charge < -0.3 is 14.2 Å². The summed E-state index contributed by atoms with van der Waals surface area (Å²) < 4.78 is 17.6. The fraction of sp³-hybridized carbons (Fsp3) is 0.217. The summed E-state index contributed by atoms with van der Waals surface area (Å²) in [6, 6.07) is 38.4. The van der Waals surface area contributed by atoms with Crippen LogP contribution in [0.2, 0.25) is 0 Å². The van der Waals surface area contributed by atoms with Crippen LogP contribution in [0.1, 0.15) is 55.6 Å². The van der Waals surface area contributed by atoms with Gasteiger partial charge in [0, 0.05) is 4.90 Å².